The molecule has 0 radical (unpaired) electrons. The minimum Gasteiger partial charge on any atom is -0.444 e. The number of hydrogen-bond acceptors (Lipinski definition) is 1. The van der Waals surface area contributed by atoms with Crippen LogP contribution in [0.5, 0.6) is 0 Å². The normalized spacial score (nSPS) is 10.2. The molecule has 0 aromatic carbocycles. The Morgan fingerprint density at radius 3 is 1.44 bits per heavy atom. The molecule has 0 N–H and O–H groups in total. The Labute approximate surface area is 81.5 Å². The molecule has 50 valence electrons. The van der Waals surface area contributed by atoms with Crippen LogP contribution in [0.15, 0.2) is 4.42 Å². The Hall–Kier alpha value is 0.740. The minimum atomic E-state index is 1.01. The van der Waals surface area contributed by atoms with Crippen LogP contribution in [0.2, 0.25) is 0 Å². The maximum atomic E-state index is 5.32. The van der Waals surface area contributed by atoms with Crippen LogP contribution in [0.1, 0.15) is 11.1 Å². The van der Waals surface area contributed by atoms with E-state index in [1.54, 1.807) is 0 Å². The van der Waals surface area contributed by atoms with Crippen LogP contribution in [-0.2, 0) is 0 Å². The first-order chi connectivity index (χ1) is 4.13. The zero-order valence-corrected chi connectivity index (χ0v) is 9.48. The average Bonchev–Trinajstić information content (AvgIpc) is 1.98. The van der Waals surface area contributed by atoms with Crippen molar-refractivity contribution in [3.63, 3.8) is 0 Å². The molecule has 0 aliphatic rings. The van der Waals surface area contributed by atoms with Gasteiger partial charge in [-0.1, -0.05) is 0 Å². The quantitative estimate of drug-likeness (QED) is 0.657. The largest absolute Gasteiger partial charge is 0.444 e. The highest BCUT2D eigenvalue weighted by Crippen LogP contribution is 2.23. The lowest BCUT2D eigenvalue weighted by molar-refractivity contribution is 0.506. The molecule has 1 aromatic rings. The van der Waals surface area contributed by atoms with Gasteiger partial charge in [-0.2, -0.15) is 0 Å². The van der Waals surface area contributed by atoms with Gasteiger partial charge in [-0.3, -0.25) is 0 Å². The fourth-order valence-corrected chi connectivity index (χ4v) is 2.20. The number of rotatable bonds is 0. The zero-order chi connectivity index (χ0) is 7.02. The number of hydrogen-bond donors (Lipinski definition) is 0. The van der Waals surface area contributed by atoms with Crippen molar-refractivity contribution in [2.75, 3.05) is 0 Å². The summed E-state index contributed by atoms with van der Waals surface area (Å²) in [5.41, 5.74) is 2.53. The van der Waals surface area contributed by atoms with Gasteiger partial charge in [-0.15, -0.1) is 0 Å². The van der Waals surface area contributed by atoms with Gasteiger partial charge >= 0.3 is 0 Å². The average molecular weight is 348 g/mol. The van der Waals surface area contributed by atoms with Gasteiger partial charge < -0.3 is 4.42 Å². The third-order valence-corrected chi connectivity index (χ3v) is 3.39. The van der Waals surface area contributed by atoms with Crippen molar-refractivity contribution in [2.24, 2.45) is 0 Å². The van der Waals surface area contributed by atoms with Gasteiger partial charge in [0, 0.05) is 11.1 Å². The Morgan fingerprint density at radius 1 is 1.00 bits per heavy atom. The van der Waals surface area contributed by atoms with E-state index in [2.05, 4.69) is 59.0 Å². The summed E-state index contributed by atoms with van der Waals surface area (Å²) in [6.45, 7) is 4.14. The molecule has 0 aliphatic heterocycles. The van der Waals surface area contributed by atoms with Gasteiger partial charge in [-0.05, 0) is 59.0 Å². The topological polar surface area (TPSA) is 13.1 Å². The maximum absolute atomic E-state index is 5.32. The molecule has 0 atom stereocenters. The van der Waals surface area contributed by atoms with Crippen molar-refractivity contribution >= 4 is 45.2 Å². The predicted octanol–water partition coefficient (Wildman–Crippen LogP) is 3.11. The molecular formula is C6H6I2O. The Kier molecular flexibility index (Phi) is 2.42. The highest BCUT2D eigenvalue weighted by molar-refractivity contribution is 14.1. The molecule has 0 spiro atoms. The molecule has 1 rings (SSSR count). The van der Waals surface area contributed by atoms with E-state index in [1.807, 2.05) is 0 Å². The van der Waals surface area contributed by atoms with E-state index in [1.165, 1.54) is 11.1 Å². The predicted molar refractivity (Wildman–Crippen MR) is 53.6 cm³/mol. The van der Waals surface area contributed by atoms with E-state index in [0.717, 1.165) is 7.53 Å². The van der Waals surface area contributed by atoms with Crippen LogP contribution in [0.4, 0.5) is 0 Å². The first-order valence-electron chi connectivity index (χ1n) is 2.54. The molecule has 0 saturated heterocycles. The van der Waals surface area contributed by atoms with Gasteiger partial charge in [-0.25, -0.2) is 0 Å². The van der Waals surface area contributed by atoms with Gasteiger partial charge in [0.2, 0.25) is 0 Å². The standard InChI is InChI=1S/C6H6I2O/c1-3-4(2)6(8)9-5(3)7/h1-2H3. The van der Waals surface area contributed by atoms with E-state index < -0.39 is 0 Å². The molecule has 3 heteroatoms. The van der Waals surface area contributed by atoms with Crippen molar-refractivity contribution in [1.29, 1.82) is 0 Å². The lowest BCUT2D eigenvalue weighted by Gasteiger charge is -1.83. The fraction of sp³-hybridized carbons (Fsp3) is 0.333. The molecule has 0 aliphatic carbocycles. The molecule has 0 bridgehead atoms. The smallest absolute Gasteiger partial charge is 0.168 e. The Morgan fingerprint density at radius 2 is 1.33 bits per heavy atom. The fourth-order valence-electron chi connectivity index (χ4n) is 0.527. The lowest BCUT2D eigenvalue weighted by atomic mass is 10.2. The van der Waals surface area contributed by atoms with Crippen LogP contribution in [0.25, 0.3) is 0 Å². The van der Waals surface area contributed by atoms with E-state index in [9.17, 15) is 0 Å². The van der Waals surface area contributed by atoms with E-state index in [0.29, 0.717) is 0 Å². The second kappa shape index (κ2) is 2.77. The van der Waals surface area contributed by atoms with Gasteiger partial charge in [0.1, 0.15) is 0 Å². The molecular weight excluding hydrogens is 342 g/mol. The highest BCUT2D eigenvalue weighted by atomic mass is 127. The van der Waals surface area contributed by atoms with Crippen LogP contribution in [-0.4, -0.2) is 0 Å². The number of halogens is 2. The van der Waals surface area contributed by atoms with Crippen molar-refractivity contribution in [3.8, 4) is 0 Å². The number of furan rings is 1. The van der Waals surface area contributed by atoms with Crippen LogP contribution >= 0.6 is 45.2 Å². The summed E-state index contributed by atoms with van der Waals surface area (Å²) >= 11 is 4.40. The molecule has 0 saturated carbocycles. The summed E-state index contributed by atoms with van der Waals surface area (Å²) in [5.74, 6) is 0. The third kappa shape index (κ3) is 1.42. The van der Waals surface area contributed by atoms with Crippen LogP contribution < -0.4 is 0 Å². The van der Waals surface area contributed by atoms with E-state index >= 15 is 0 Å². The monoisotopic (exact) mass is 348 g/mol. The molecule has 0 fully saturated rings. The Bertz CT molecular complexity index is 205. The summed E-state index contributed by atoms with van der Waals surface area (Å²) in [6, 6.07) is 0. The minimum absolute atomic E-state index is 1.01. The SMILES string of the molecule is Cc1c(I)oc(I)c1C. The van der Waals surface area contributed by atoms with Gasteiger partial charge in [0.25, 0.3) is 0 Å². The molecule has 0 amide bonds. The van der Waals surface area contributed by atoms with E-state index in [-0.39, 0.29) is 0 Å². The second-order valence-corrected chi connectivity index (χ2v) is 3.86. The highest BCUT2D eigenvalue weighted by Gasteiger charge is 2.07. The van der Waals surface area contributed by atoms with Crippen molar-refractivity contribution in [1.82, 2.24) is 0 Å². The van der Waals surface area contributed by atoms with Crippen LogP contribution in [0.3, 0.4) is 0 Å². The third-order valence-electron chi connectivity index (χ3n) is 1.33. The first-order valence-corrected chi connectivity index (χ1v) is 4.69. The molecule has 0 unspecified atom stereocenters. The summed E-state index contributed by atoms with van der Waals surface area (Å²) in [5, 5.41) is 0. The van der Waals surface area contributed by atoms with Gasteiger partial charge in [0.15, 0.2) is 7.53 Å². The van der Waals surface area contributed by atoms with Crippen molar-refractivity contribution < 1.29 is 4.42 Å². The molecule has 1 aromatic heterocycles. The maximum Gasteiger partial charge on any atom is 0.168 e. The van der Waals surface area contributed by atoms with E-state index in [4.69, 9.17) is 4.42 Å². The second-order valence-electron chi connectivity index (χ2n) is 1.90. The lowest BCUT2D eigenvalue weighted by Crippen LogP contribution is -1.73. The molecule has 1 nitrogen and oxygen atoms in total. The van der Waals surface area contributed by atoms with Crippen molar-refractivity contribution in [3.05, 3.63) is 18.7 Å². The first kappa shape index (κ1) is 7.84. The summed E-state index contributed by atoms with van der Waals surface area (Å²) in [4.78, 5) is 0. The Balaban J connectivity index is 3.29. The molecule has 1 heterocycles. The van der Waals surface area contributed by atoms with Gasteiger partial charge in [0.05, 0.1) is 0 Å². The molecule has 9 heavy (non-hydrogen) atoms. The zero-order valence-electron chi connectivity index (χ0n) is 5.16. The van der Waals surface area contributed by atoms with Crippen LogP contribution in [0, 0.1) is 21.4 Å². The summed E-state index contributed by atoms with van der Waals surface area (Å²) < 4.78 is 7.34. The summed E-state index contributed by atoms with van der Waals surface area (Å²) in [7, 11) is 0. The summed E-state index contributed by atoms with van der Waals surface area (Å²) in [6.07, 6.45) is 0. The van der Waals surface area contributed by atoms with Crippen molar-refractivity contribution in [2.45, 2.75) is 13.8 Å².